The minimum Gasteiger partial charge on any atom is -0.336 e. The van der Waals surface area contributed by atoms with E-state index >= 15 is 0 Å². The van der Waals surface area contributed by atoms with Gasteiger partial charge in [0, 0.05) is 36.4 Å². The molecule has 1 aliphatic heterocycles. The molecule has 0 aliphatic carbocycles. The van der Waals surface area contributed by atoms with Crippen LogP contribution in [0.25, 0.3) is 0 Å². The van der Waals surface area contributed by atoms with Gasteiger partial charge >= 0.3 is 0 Å². The lowest BCUT2D eigenvalue weighted by atomic mass is 10.0. The number of carbonyl (C=O) groups excluding carboxylic acids is 2. The van der Waals surface area contributed by atoms with Crippen molar-refractivity contribution in [3.05, 3.63) is 65.7 Å². The molecule has 0 N–H and O–H groups in total. The Balaban J connectivity index is 1.81. The molecule has 25 heavy (non-hydrogen) atoms. The smallest absolute Gasteiger partial charge is 0.258 e. The van der Waals surface area contributed by atoms with Gasteiger partial charge in [0.25, 0.3) is 11.8 Å². The Bertz CT molecular complexity index is 758. The summed E-state index contributed by atoms with van der Waals surface area (Å²) >= 11 is 0. The molecule has 1 fully saturated rings. The van der Waals surface area contributed by atoms with Crippen molar-refractivity contribution in [3.8, 4) is 0 Å². The molecule has 4 heteroatoms. The van der Waals surface area contributed by atoms with Crippen molar-refractivity contribution in [1.82, 2.24) is 4.90 Å². The summed E-state index contributed by atoms with van der Waals surface area (Å²) in [4.78, 5) is 29.1. The van der Waals surface area contributed by atoms with E-state index in [0.29, 0.717) is 11.1 Å². The van der Waals surface area contributed by atoms with Crippen molar-refractivity contribution in [2.24, 2.45) is 0 Å². The summed E-state index contributed by atoms with van der Waals surface area (Å²) in [6.07, 6.45) is 3.26. The number of amides is 2. The van der Waals surface area contributed by atoms with Gasteiger partial charge in [-0.2, -0.15) is 0 Å². The van der Waals surface area contributed by atoms with Gasteiger partial charge in [0.15, 0.2) is 0 Å². The van der Waals surface area contributed by atoms with Crippen molar-refractivity contribution < 1.29 is 9.59 Å². The van der Waals surface area contributed by atoms with E-state index in [1.54, 1.807) is 36.2 Å². The molecular formula is C21H24N2O2. The van der Waals surface area contributed by atoms with E-state index in [1.807, 2.05) is 35.2 Å². The normalized spacial score (nSPS) is 17.2. The topological polar surface area (TPSA) is 40.6 Å². The van der Waals surface area contributed by atoms with E-state index in [1.165, 1.54) is 6.42 Å². The molecule has 0 unspecified atom stereocenters. The highest BCUT2D eigenvalue weighted by atomic mass is 16.2. The molecule has 0 spiro atoms. The third-order valence-corrected chi connectivity index (χ3v) is 4.87. The Kier molecular flexibility index (Phi) is 5.17. The molecule has 2 aromatic rings. The maximum absolute atomic E-state index is 12.8. The van der Waals surface area contributed by atoms with Crippen LogP contribution < -0.4 is 4.90 Å². The second-order valence-corrected chi connectivity index (χ2v) is 6.62. The van der Waals surface area contributed by atoms with E-state index < -0.39 is 0 Å². The molecule has 2 amide bonds. The Hall–Kier alpha value is -2.62. The van der Waals surface area contributed by atoms with Gasteiger partial charge in [-0.05, 0) is 56.5 Å². The Morgan fingerprint density at radius 1 is 1.00 bits per heavy atom. The van der Waals surface area contributed by atoms with E-state index in [0.717, 1.165) is 25.1 Å². The minimum absolute atomic E-state index is 0.0178. The summed E-state index contributed by atoms with van der Waals surface area (Å²) in [7, 11) is 1.75. The molecule has 4 nitrogen and oxygen atoms in total. The van der Waals surface area contributed by atoms with Gasteiger partial charge in [-0.15, -0.1) is 0 Å². The van der Waals surface area contributed by atoms with Gasteiger partial charge in [0.05, 0.1) is 0 Å². The Morgan fingerprint density at radius 2 is 1.72 bits per heavy atom. The van der Waals surface area contributed by atoms with Crippen LogP contribution in [0, 0.1) is 0 Å². The number of hydrogen-bond donors (Lipinski definition) is 0. The van der Waals surface area contributed by atoms with Crippen LogP contribution in [0.15, 0.2) is 54.6 Å². The number of benzene rings is 2. The summed E-state index contributed by atoms with van der Waals surface area (Å²) < 4.78 is 0. The predicted molar refractivity (Wildman–Crippen MR) is 100.0 cm³/mol. The average Bonchev–Trinajstić information content (AvgIpc) is 2.67. The molecule has 0 radical (unpaired) electrons. The lowest BCUT2D eigenvalue weighted by Crippen LogP contribution is -2.42. The SMILES string of the molecule is C[C@H]1CCCCN1C(=O)c1cccc(C(=O)N(C)c2ccccc2)c1. The number of piperidine rings is 1. The van der Waals surface area contributed by atoms with Crippen LogP contribution in [0.5, 0.6) is 0 Å². The maximum Gasteiger partial charge on any atom is 0.258 e. The highest BCUT2D eigenvalue weighted by molar-refractivity contribution is 6.07. The average molecular weight is 336 g/mol. The zero-order chi connectivity index (χ0) is 17.8. The number of likely N-dealkylation sites (tertiary alicyclic amines) is 1. The second-order valence-electron chi connectivity index (χ2n) is 6.62. The van der Waals surface area contributed by atoms with Crippen LogP contribution in [0.2, 0.25) is 0 Å². The van der Waals surface area contributed by atoms with Crippen molar-refractivity contribution in [2.75, 3.05) is 18.5 Å². The number of para-hydroxylation sites is 1. The van der Waals surface area contributed by atoms with E-state index in [2.05, 4.69) is 6.92 Å². The molecule has 1 saturated heterocycles. The molecule has 2 aromatic carbocycles. The first-order valence-corrected chi connectivity index (χ1v) is 8.82. The number of nitrogens with zero attached hydrogens (tertiary/aromatic N) is 2. The first-order chi connectivity index (χ1) is 12.1. The first kappa shape index (κ1) is 17.2. The van der Waals surface area contributed by atoms with Crippen LogP contribution in [-0.2, 0) is 0 Å². The number of anilines is 1. The fourth-order valence-electron chi connectivity index (χ4n) is 3.31. The van der Waals surface area contributed by atoms with Crippen molar-refractivity contribution in [1.29, 1.82) is 0 Å². The lowest BCUT2D eigenvalue weighted by molar-refractivity contribution is 0.0635. The largest absolute Gasteiger partial charge is 0.336 e. The Labute approximate surface area is 149 Å². The van der Waals surface area contributed by atoms with Gasteiger partial charge in [0.1, 0.15) is 0 Å². The van der Waals surface area contributed by atoms with Crippen LogP contribution in [0.3, 0.4) is 0 Å². The zero-order valence-electron chi connectivity index (χ0n) is 14.8. The van der Waals surface area contributed by atoms with E-state index in [-0.39, 0.29) is 17.9 Å². The monoisotopic (exact) mass is 336 g/mol. The van der Waals surface area contributed by atoms with Crippen LogP contribution in [-0.4, -0.2) is 36.3 Å². The molecule has 3 rings (SSSR count). The quantitative estimate of drug-likeness (QED) is 0.851. The molecule has 0 aromatic heterocycles. The summed E-state index contributed by atoms with van der Waals surface area (Å²) in [6, 6.07) is 16.8. The van der Waals surface area contributed by atoms with Crippen LogP contribution >= 0.6 is 0 Å². The predicted octanol–water partition coefficient (Wildman–Crippen LogP) is 3.98. The summed E-state index contributed by atoms with van der Waals surface area (Å²) in [6.45, 7) is 2.89. The second kappa shape index (κ2) is 7.51. The van der Waals surface area contributed by atoms with E-state index in [9.17, 15) is 9.59 Å². The van der Waals surface area contributed by atoms with Crippen LogP contribution in [0.4, 0.5) is 5.69 Å². The fraction of sp³-hybridized carbons (Fsp3) is 0.333. The van der Waals surface area contributed by atoms with Crippen molar-refractivity contribution in [3.63, 3.8) is 0 Å². The molecule has 1 aliphatic rings. The molecular weight excluding hydrogens is 312 g/mol. The number of rotatable bonds is 3. The molecule has 1 heterocycles. The van der Waals surface area contributed by atoms with E-state index in [4.69, 9.17) is 0 Å². The van der Waals surface area contributed by atoms with Gasteiger partial charge in [-0.3, -0.25) is 9.59 Å². The highest BCUT2D eigenvalue weighted by Crippen LogP contribution is 2.21. The molecule has 0 saturated carbocycles. The van der Waals surface area contributed by atoms with Gasteiger partial charge in [-0.25, -0.2) is 0 Å². The number of hydrogen-bond acceptors (Lipinski definition) is 2. The fourth-order valence-corrected chi connectivity index (χ4v) is 3.31. The Morgan fingerprint density at radius 3 is 2.44 bits per heavy atom. The van der Waals surface area contributed by atoms with Crippen LogP contribution in [0.1, 0.15) is 46.9 Å². The first-order valence-electron chi connectivity index (χ1n) is 8.82. The van der Waals surface area contributed by atoms with Gasteiger partial charge in [0.2, 0.25) is 0 Å². The highest BCUT2D eigenvalue weighted by Gasteiger charge is 2.25. The van der Waals surface area contributed by atoms with Gasteiger partial charge < -0.3 is 9.80 Å². The lowest BCUT2D eigenvalue weighted by Gasteiger charge is -2.33. The summed E-state index contributed by atoms with van der Waals surface area (Å²) in [5.41, 5.74) is 1.94. The maximum atomic E-state index is 12.8. The summed E-state index contributed by atoms with van der Waals surface area (Å²) in [5, 5.41) is 0. The molecule has 0 bridgehead atoms. The van der Waals surface area contributed by atoms with Crippen molar-refractivity contribution in [2.45, 2.75) is 32.2 Å². The zero-order valence-corrected chi connectivity index (χ0v) is 14.8. The van der Waals surface area contributed by atoms with Gasteiger partial charge in [-0.1, -0.05) is 24.3 Å². The standard InChI is InChI=1S/C21H24N2O2/c1-16-9-6-7-14-23(16)21(25)18-11-8-10-17(15-18)20(24)22(2)19-12-4-3-5-13-19/h3-5,8,10-13,15-16H,6-7,9,14H2,1-2H3/t16-/m0/s1. The molecule has 1 atom stereocenters. The molecule has 130 valence electrons. The third-order valence-electron chi connectivity index (χ3n) is 4.87. The van der Waals surface area contributed by atoms with Crippen molar-refractivity contribution >= 4 is 17.5 Å². The summed E-state index contributed by atoms with van der Waals surface area (Å²) in [5.74, 6) is -0.100. The number of carbonyl (C=O) groups is 2. The third kappa shape index (κ3) is 3.73. The minimum atomic E-state index is -0.118.